The minimum absolute atomic E-state index is 0.0535. The summed E-state index contributed by atoms with van der Waals surface area (Å²) in [5.74, 6) is -1.03. The molecule has 2 rings (SSSR count). The summed E-state index contributed by atoms with van der Waals surface area (Å²) in [5.41, 5.74) is 1.51. The molecule has 0 spiro atoms. The Morgan fingerprint density at radius 1 is 1.50 bits per heavy atom. The van der Waals surface area contributed by atoms with Crippen LogP contribution in [0, 0.1) is 0 Å². The molecule has 0 bridgehead atoms. The second-order valence-electron chi connectivity index (χ2n) is 3.59. The van der Waals surface area contributed by atoms with E-state index < -0.39 is 5.97 Å². The van der Waals surface area contributed by atoms with Gasteiger partial charge in [-0.1, -0.05) is 6.92 Å². The van der Waals surface area contributed by atoms with Gasteiger partial charge in [-0.2, -0.15) is 9.97 Å². The van der Waals surface area contributed by atoms with Crippen LogP contribution in [0.5, 0.6) is 6.01 Å². The fourth-order valence-corrected chi connectivity index (χ4v) is 1.79. The Labute approximate surface area is 92.9 Å². The zero-order chi connectivity index (χ0) is 11.7. The first-order valence-corrected chi connectivity index (χ1v) is 5.05. The van der Waals surface area contributed by atoms with Crippen LogP contribution in [0.3, 0.4) is 0 Å². The largest absolute Gasteiger partial charge is 0.476 e. The summed E-state index contributed by atoms with van der Waals surface area (Å²) < 4.78 is 4.90. The normalized spacial score (nSPS) is 14.9. The van der Waals surface area contributed by atoms with Gasteiger partial charge in [0.05, 0.1) is 12.8 Å². The van der Waals surface area contributed by atoms with E-state index in [1.54, 1.807) is 0 Å². The summed E-state index contributed by atoms with van der Waals surface area (Å²) in [5, 5.41) is 9.06. The van der Waals surface area contributed by atoms with Crippen molar-refractivity contribution in [2.24, 2.45) is 0 Å². The first-order valence-electron chi connectivity index (χ1n) is 5.05. The van der Waals surface area contributed by atoms with Gasteiger partial charge in [0.15, 0.2) is 5.69 Å². The van der Waals surface area contributed by atoms with E-state index in [0.29, 0.717) is 18.7 Å². The van der Waals surface area contributed by atoms with Crippen LogP contribution in [0.4, 0.5) is 0 Å². The molecule has 0 fully saturated rings. The van der Waals surface area contributed by atoms with E-state index in [9.17, 15) is 4.79 Å². The molecule has 1 aromatic rings. The molecular weight excluding hydrogens is 210 g/mol. The van der Waals surface area contributed by atoms with Crippen LogP contribution >= 0.6 is 0 Å². The first-order chi connectivity index (χ1) is 7.65. The minimum atomic E-state index is -1.03. The van der Waals surface area contributed by atoms with Crippen LogP contribution in [0.25, 0.3) is 0 Å². The lowest BCUT2D eigenvalue weighted by Gasteiger charge is -2.09. The van der Waals surface area contributed by atoms with E-state index in [2.05, 4.69) is 14.9 Å². The summed E-state index contributed by atoms with van der Waals surface area (Å²) >= 11 is 0. The van der Waals surface area contributed by atoms with Gasteiger partial charge < -0.3 is 9.84 Å². The molecule has 1 aliphatic heterocycles. The Morgan fingerprint density at radius 2 is 2.25 bits per heavy atom. The van der Waals surface area contributed by atoms with Gasteiger partial charge in [0.25, 0.3) is 0 Å². The monoisotopic (exact) mass is 223 g/mol. The third kappa shape index (κ3) is 1.71. The summed E-state index contributed by atoms with van der Waals surface area (Å²) in [6.45, 7) is 4.14. The molecule has 86 valence electrons. The topological polar surface area (TPSA) is 75.5 Å². The van der Waals surface area contributed by atoms with Crippen molar-refractivity contribution in [1.29, 1.82) is 0 Å². The van der Waals surface area contributed by atoms with Crippen molar-refractivity contribution in [2.75, 3.05) is 13.7 Å². The average molecular weight is 223 g/mol. The average Bonchev–Trinajstić information content (AvgIpc) is 2.69. The van der Waals surface area contributed by atoms with Crippen LogP contribution in [-0.4, -0.2) is 39.6 Å². The van der Waals surface area contributed by atoms with E-state index in [-0.39, 0.29) is 11.7 Å². The second kappa shape index (κ2) is 4.05. The quantitative estimate of drug-likeness (QED) is 0.805. The molecule has 6 heteroatoms. The number of carbonyl (C=O) groups is 1. The molecule has 1 N–H and O–H groups in total. The molecule has 1 aliphatic rings. The van der Waals surface area contributed by atoms with Gasteiger partial charge in [0.2, 0.25) is 0 Å². The number of aromatic nitrogens is 2. The molecule has 16 heavy (non-hydrogen) atoms. The number of ether oxygens (including phenoxy) is 1. The Balaban J connectivity index is 2.47. The fraction of sp³-hybridized carbons (Fsp3) is 0.500. The fourth-order valence-electron chi connectivity index (χ4n) is 1.79. The highest BCUT2D eigenvalue weighted by molar-refractivity contribution is 5.87. The van der Waals surface area contributed by atoms with Crippen LogP contribution in [0.2, 0.25) is 0 Å². The van der Waals surface area contributed by atoms with Gasteiger partial charge in [-0.25, -0.2) is 4.79 Å². The van der Waals surface area contributed by atoms with E-state index >= 15 is 0 Å². The zero-order valence-corrected chi connectivity index (χ0v) is 9.23. The lowest BCUT2D eigenvalue weighted by atomic mass is 10.2. The third-order valence-corrected chi connectivity index (χ3v) is 2.66. The van der Waals surface area contributed by atoms with E-state index in [0.717, 1.165) is 12.2 Å². The summed E-state index contributed by atoms with van der Waals surface area (Å²) in [6, 6.07) is 0.120. The van der Waals surface area contributed by atoms with Crippen LogP contribution in [-0.2, 0) is 13.1 Å². The van der Waals surface area contributed by atoms with E-state index in [4.69, 9.17) is 9.84 Å². The van der Waals surface area contributed by atoms with Crippen molar-refractivity contribution in [3.63, 3.8) is 0 Å². The Bertz CT molecular complexity index is 434. The lowest BCUT2D eigenvalue weighted by molar-refractivity contribution is 0.0687. The highest BCUT2D eigenvalue weighted by atomic mass is 16.5. The number of rotatable bonds is 3. The smallest absolute Gasteiger partial charge is 0.355 e. The Morgan fingerprint density at radius 3 is 2.81 bits per heavy atom. The number of aromatic carboxylic acids is 1. The molecule has 0 amide bonds. The number of fused-ring (bicyclic) bond motifs is 1. The highest BCUT2D eigenvalue weighted by Crippen LogP contribution is 2.25. The van der Waals surface area contributed by atoms with Gasteiger partial charge in [0.1, 0.15) is 0 Å². The minimum Gasteiger partial charge on any atom is -0.476 e. The van der Waals surface area contributed by atoms with Crippen molar-refractivity contribution in [1.82, 2.24) is 14.9 Å². The summed E-state index contributed by atoms with van der Waals surface area (Å²) in [4.78, 5) is 21.2. The van der Waals surface area contributed by atoms with Crippen LogP contribution in [0.15, 0.2) is 0 Å². The van der Waals surface area contributed by atoms with Crippen molar-refractivity contribution < 1.29 is 14.6 Å². The lowest BCUT2D eigenvalue weighted by Crippen LogP contribution is -2.15. The molecule has 0 unspecified atom stereocenters. The number of carboxylic acids is 1. The third-order valence-electron chi connectivity index (χ3n) is 2.66. The predicted octanol–water partition coefficient (Wildman–Crippen LogP) is 0.519. The van der Waals surface area contributed by atoms with Gasteiger partial charge in [0, 0.05) is 18.7 Å². The number of hydrogen-bond acceptors (Lipinski definition) is 5. The van der Waals surface area contributed by atoms with Crippen molar-refractivity contribution >= 4 is 5.97 Å². The molecule has 0 saturated carbocycles. The van der Waals surface area contributed by atoms with Gasteiger partial charge in [-0.3, -0.25) is 4.90 Å². The number of carboxylic acid groups (broad SMARTS) is 1. The molecule has 6 nitrogen and oxygen atoms in total. The standard InChI is InChI=1S/C10H13N3O3/c1-3-13-4-6-7(5-13)11-10(16-2)12-8(6)9(14)15/h3-5H2,1-2H3,(H,14,15). The predicted molar refractivity (Wildman–Crippen MR) is 55.3 cm³/mol. The molecule has 0 atom stereocenters. The Kier molecular flexibility index (Phi) is 2.74. The van der Waals surface area contributed by atoms with Gasteiger partial charge in [-0.05, 0) is 6.54 Å². The SMILES string of the molecule is CCN1Cc2nc(OC)nc(C(=O)O)c2C1. The molecule has 0 saturated heterocycles. The summed E-state index contributed by atoms with van der Waals surface area (Å²) in [7, 11) is 1.43. The highest BCUT2D eigenvalue weighted by Gasteiger charge is 2.27. The maximum Gasteiger partial charge on any atom is 0.355 e. The molecular formula is C10H13N3O3. The van der Waals surface area contributed by atoms with Crippen molar-refractivity contribution in [3.05, 3.63) is 17.0 Å². The molecule has 0 aliphatic carbocycles. The first kappa shape index (κ1) is 10.8. The number of hydrogen-bond donors (Lipinski definition) is 1. The molecule has 1 aromatic heterocycles. The Hall–Kier alpha value is -1.69. The van der Waals surface area contributed by atoms with Crippen molar-refractivity contribution in [2.45, 2.75) is 20.0 Å². The summed E-state index contributed by atoms with van der Waals surface area (Å²) in [6.07, 6.45) is 0. The number of nitrogens with zero attached hydrogens (tertiary/aromatic N) is 3. The number of methoxy groups -OCH3 is 1. The van der Waals surface area contributed by atoms with Gasteiger partial charge in [-0.15, -0.1) is 0 Å². The van der Waals surface area contributed by atoms with E-state index in [1.807, 2.05) is 6.92 Å². The van der Waals surface area contributed by atoms with Crippen LogP contribution < -0.4 is 4.74 Å². The van der Waals surface area contributed by atoms with Gasteiger partial charge >= 0.3 is 12.0 Å². The zero-order valence-electron chi connectivity index (χ0n) is 9.23. The van der Waals surface area contributed by atoms with Crippen LogP contribution in [0.1, 0.15) is 28.7 Å². The molecule has 0 radical (unpaired) electrons. The maximum atomic E-state index is 11.1. The maximum absolute atomic E-state index is 11.1. The van der Waals surface area contributed by atoms with Crippen molar-refractivity contribution in [3.8, 4) is 6.01 Å². The van der Waals surface area contributed by atoms with E-state index in [1.165, 1.54) is 7.11 Å². The molecule has 0 aromatic carbocycles. The molecule has 2 heterocycles. The second-order valence-corrected chi connectivity index (χ2v) is 3.59.